The third-order valence-corrected chi connectivity index (χ3v) is 3.93. The van der Waals surface area contributed by atoms with E-state index in [0.717, 1.165) is 0 Å². The van der Waals surface area contributed by atoms with Gasteiger partial charge in [0, 0.05) is 10.7 Å². The maximum absolute atomic E-state index is 11.4. The zero-order valence-electron chi connectivity index (χ0n) is 10.0. The molecule has 1 aromatic rings. The highest BCUT2D eigenvalue weighted by molar-refractivity contribution is 8.13. The summed E-state index contributed by atoms with van der Waals surface area (Å²) in [4.78, 5) is 0.151. The number of halogens is 1. The van der Waals surface area contributed by atoms with E-state index in [2.05, 4.69) is 6.58 Å². The molecule has 1 rings (SSSR count). The third-order valence-electron chi connectivity index (χ3n) is 2.33. The summed E-state index contributed by atoms with van der Waals surface area (Å²) in [5.74, 6) is 0.608. The summed E-state index contributed by atoms with van der Waals surface area (Å²) in [6.07, 6.45) is 1.53. The van der Waals surface area contributed by atoms with Crippen molar-refractivity contribution in [2.24, 2.45) is 0 Å². The van der Waals surface area contributed by atoms with E-state index in [0.29, 0.717) is 16.9 Å². The molecule has 17 heavy (non-hydrogen) atoms. The molecule has 0 heterocycles. The van der Waals surface area contributed by atoms with Gasteiger partial charge < -0.3 is 4.74 Å². The highest BCUT2D eigenvalue weighted by atomic mass is 35.7. The van der Waals surface area contributed by atoms with Crippen LogP contribution in [0.2, 0.25) is 0 Å². The summed E-state index contributed by atoms with van der Waals surface area (Å²) in [6.45, 7) is 8.84. The van der Waals surface area contributed by atoms with Gasteiger partial charge in [0.05, 0.1) is 4.90 Å². The van der Waals surface area contributed by atoms with E-state index in [1.54, 1.807) is 32.1 Å². The quantitative estimate of drug-likeness (QED) is 0.626. The first kappa shape index (κ1) is 14.1. The van der Waals surface area contributed by atoms with E-state index in [9.17, 15) is 8.42 Å². The summed E-state index contributed by atoms with van der Waals surface area (Å²) in [6, 6.07) is 3.31. The van der Waals surface area contributed by atoms with Gasteiger partial charge in [0.15, 0.2) is 0 Å². The molecule has 3 nitrogen and oxygen atoms in total. The van der Waals surface area contributed by atoms with Crippen LogP contribution in [0.25, 0.3) is 0 Å². The molecule has 1 unspecified atom stereocenters. The lowest BCUT2D eigenvalue weighted by molar-refractivity contribution is 0.269. The normalized spacial score (nSPS) is 13.2. The maximum Gasteiger partial charge on any atom is 0.261 e. The summed E-state index contributed by atoms with van der Waals surface area (Å²) in [5, 5.41) is 0. The smallest absolute Gasteiger partial charge is 0.261 e. The molecule has 5 heteroatoms. The van der Waals surface area contributed by atoms with Gasteiger partial charge in [-0.2, -0.15) is 0 Å². The number of benzene rings is 1. The molecule has 0 saturated heterocycles. The molecule has 0 aliphatic heterocycles. The molecule has 1 atom stereocenters. The lowest BCUT2D eigenvalue weighted by Gasteiger charge is -2.14. The Kier molecular flexibility index (Phi) is 4.22. The fourth-order valence-electron chi connectivity index (χ4n) is 1.63. The molecule has 0 N–H and O–H groups in total. The van der Waals surface area contributed by atoms with Gasteiger partial charge in [0.1, 0.15) is 11.9 Å². The van der Waals surface area contributed by atoms with Gasteiger partial charge in [-0.1, -0.05) is 12.7 Å². The number of aryl methyl sites for hydroxylation is 2. The SMILES string of the molecule is C=CC(C)Oc1cc(C)c(S(=O)(=O)Cl)c(C)c1. The first-order valence-corrected chi connectivity index (χ1v) is 7.41. The lowest BCUT2D eigenvalue weighted by atomic mass is 10.1. The van der Waals surface area contributed by atoms with Crippen LogP contribution in [0, 0.1) is 13.8 Å². The fraction of sp³-hybridized carbons (Fsp3) is 0.333. The topological polar surface area (TPSA) is 43.4 Å². The van der Waals surface area contributed by atoms with Gasteiger partial charge in [-0.05, 0) is 44.0 Å². The van der Waals surface area contributed by atoms with Crippen molar-refractivity contribution in [1.29, 1.82) is 0 Å². The minimum absolute atomic E-state index is 0.132. The summed E-state index contributed by atoms with van der Waals surface area (Å²) >= 11 is 0. The van der Waals surface area contributed by atoms with Crippen LogP contribution >= 0.6 is 10.7 Å². The van der Waals surface area contributed by atoms with Crippen molar-refractivity contribution >= 4 is 19.7 Å². The largest absolute Gasteiger partial charge is 0.487 e. The van der Waals surface area contributed by atoms with E-state index in [1.165, 1.54) is 0 Å². The number of rotatable bonds is 4. The van der Waals surface area contributed by atoms with Gasteiger partial charge in [0.25, 0.3) is 9.05 Å². The first-order valence-electron chi connectivity index (χ1n) is 5.11. The Morgan fingerprint density at radius 3 is 2.18 bits per heavy atom. The van der Waals surface area contributed by atoms with E-state index >= 15 is 0 Å². The summed E-state index contributed by atoms with van der Waals surface area (Å²) in [5.41, 5.74) is 1.15. The Bertz CT molecular complexity index is 512. The molecule has 0 aliphatic rings. The van der Waals surface area contributed by atoms with Gasteiger partial charge in [0.2, 0.25) is 0 Å². The van der Waals surface area contributed by atoms with Gasteiger partial charge in [-0.25, -0.2) is 8.42 Å². The van der Waals surface area contributed by atoms with Crippen LogP contribution in [-0.2, 0) is 9.05 Å². The van der Waals surface area contributed by atoms with Crippen molar-refractivity contribution in [1.82, 2.24) is 0 Å². The Morgan fingerprint density at radius 1 is 1.35 bits per heavy atom. The molecule has 94 valence electrons. The Balaban J connectivity index is 3.23. The van der Waals surface area contributed by atoms with E-state index in [4.69, 9.17) is 15.4 Å². The van der Waals surface area contributed by atoms with Crippen molar-refractivity contribution in [2.45, 2.75) is 31.8 Å². The second-order valence-corrected chi connectivity index (χ2v) is 6.39. The van der Waals surface area contributed by atoms with Crippen molar-refractivity contribution in [3.8, 4) is 5.75 Å². The third kappa shape index (κ3) is 3.48. The zero-order chi connectivity index (χ0) is 13.2. The molecule has 1 aromatic carbocycles. The predicted octanol–water partition coefficient (Wildman–Crippen LogP) is 3.18. The van der Waals surface area contributed by atoms with E-state index < -0.39 is 9.05 Å². The highest BCUT2D eigenvalue weighted by Crippen LogP contribution is 2.28. The van der Waals surface area contributed by atoms with Gasteiger partial charge in [-0.15, -0.1) is 0 Å². The molecule has 0 aliphatic carbocycles. The Morgan fingerprint density at radius 2 is 1.82 bits per heavy atom. The predicted molar refractivity (Wildman–Crippen MR) is 69.2 cm³/mol. The summed E-state index contributed by atoms with van der Waals surface area (Å²) < 4.78 is 28.3. The van der Waals surface area contributed by atoms with Gasteiger partial charge >= 0.3 is 0 Å². The lowest BCUT2D eigenvalue weighted by Crippen LogP contribution is -2.08. The fourth-order valence-corrected chi connectivity index (χ4v) is 3.24. The van der Waals surface area contributed by atoms with Gasteiger partial charge in [-0.3, -0.25) is 0 Å². The monoisotopic (exact) mass is 274 g/mol. The zero-order valence-corrected chi connectivity index (χ0v) is 11.6. The van der Waals surface area contributed by atoms with Crippen LogP contribution in [0.5, 0.6) is 5.75 Å². The number of hydrogen-bond acceptors (Lipinski definition) is 3. The van der Waals surface area contributed by atoms with E-state index in [1.807, 2.05) is 6.92 Å². The van der Waals surface area contributed by atoms with Crippen molar-refractivity contribution in [3.05, 3.63) is 35.9 Å². The molecule has 0 saturated carbocycles. The standard InChI is InChI=1S/C12H15ClO3S/c1-5-10(4)16-11-6-8(2)12(9(3)7-11)17(13,14)15/h5-7,10H,1H2,2-4H3. The van der Waals surface area contributed by atoms with Crippen LogP contribution in [0.15, 0.2) is 29.7 Å². The molecule has 0 aromatic heterocycles. The van der Waals surface area contributed by atoms with Crippen LogP contribution in [0.3, 0.4) is 0 Å². The molecule has 0 radical (unpaired) electrons. The molecular weight excluding hydrogens is 260 g/mol. The second-order valence-electron chi connectivity index (χ2n) is 3.88. The molecule has 0 amide bonds. The summed E-state index contributed by atoms with van der Waals surface area (Å²) in [7, 11) is 1.65. The molecule has 0 bridgehead atoms. The average molecular weight is 275 g/mol. The minimum atomic E-state index is -3.72. The van der Waals surface area contributed by atoms with Crippen molar-refractivity contribution in [2.75, 3.05) is 0 Å². The Labute approximate surface area is 106 Å². The van der Waals surface area contributed by atoms with Crippen LogP contribution in [0.4, 0.5) is 0 Å². The first-order chi connectivity index (χ1) is 7.75. The van der Waals surface area contributed by atoms with E-state index in [-0.39, 0.29) is 11.0 Å². The van der Waals surface area contributed by atoms with Crippen molar-refractivity contribution in [3.63, 3.8) is 0 Å². The highest BCUT2D eigenvalue weighted by Gasteiger charge is 2.18. The van der Waals surface area contributed by atoms with Crippen LogP contribution in [-0.4, -0.2) is 14.5 Å². The minimum Gasteiger partial charge on any atom is -0.487 e. The number of ether oxygens (including phenoxy) is 1. The van der Waals surface area contributed by atoms with Crippen molar-refractivity contribution < 1.29 is 13.2 Å². The molecule has 0 fully saturated rings. The Hall–Kier alpha value is -1.00. The number of hydrogen-bond donors (Lipinski definition) is 0. The second kappa shape index (κ2) is 5.10. The average Bonchev–Trinajstić information content (AvgIpc) is 2.13. The van der Waals surface area contributed by atoms with Crippen LogP contribution in [0.1, 0.15) is 18.1 Å². The maximum atomic E-state index is 11.4. The molecule has 0 spiro atoms. The van der Waals surface area contributed by atoms with Crippen LogP contribution < -0.4 is 4.74 Å². The molecular formula is C12H15ClO3S.